The van der Waals surface area contributed by atoms with Gasteiger partial charge in [-0.1, -0.05) is 55.4 Å². The van der Waals surface area contributed by atoms with Crippen LogP contribution in [-0.4, -0.2) is 172 Å². The summed E-state index contributed by atoms with van der Waals surface area (Å²) >= 11 is 0. The maximum Gasteiger partial charge on any atom is 0.434 e. The highest BCUT2D eigenvalue weighted by Crippen LogP contribution is 2.58. The molecular formula is C82H125F21O20. The molecule has 123 heavy (non-hydrogen) atoms. The molecule has 6 aliphatic rings. The minimum absolute atomic E-state index is 0.0197. The average molecular weight is 1830 g/mol. The third-order valence-electron chi connectivity index (χ3n) is 25.0. The highest BCUT2D eigenvalue weighted by atomic mass is 19.4. The molecule has 1 heterocycles. The van der Waals surface area contributed by atoms with Gasteiger partial charge in [0.2, 0.25) is 0 Å². The van der Waals surface area contributed by atoms with Gasteiger partial charge >= 0.3 is 97.0 Å². The predicted octanol–water partition coefficient (Wildman–Crippen LogP) is 21.0. The molecule has 2 N–H and O–H groups in total. The first-order valence-corrected chi connectivity index (χ1v) is 41.0. The fourth-order valence-electron chi connectivity index (χ4n) is 13.0. The van der Waals surface area contributed by atoms with Crippen LogP contribution in [0.3, 0.4) is 0 Å². The molecule has 41 heteroatoms. The molecule has 2 bridgehead atoms. The summed E-state index contributed by atoms with van der Waals surface area (Å²) in [5.41, 5.74) is -14.0. The molecule has 6 rings (SSSR count). The van der Waals surface area contributed by atoms with Crippen LogP contribution < -0.4 is 0 Å². The number of hydrogen-bond donors (Lipinski definition) is 2. The molecule has 1 aliphatic heterocycles. The first-order valence-electron chi connectivity index (χ1n) is 41.0. The average Bonchev–Trinajstić information content (AvgIpc) is 1.66. The van der Waals surface area contributed by atoms with Gasteiger partial charge in [0.1, 0.15) is 29.5 Å². The van der Waals surface area contributed by atoms with Gasteiger partial charge in [-0.25, -0.2) is 9.59 Å². The van der Waals surface area contributed by atoms with E-state index in [1.165, 1.54) is 46.5 Å². The quantitative estimate of drug-likeness (QED) is 0.0352. The van der Waals surface area contributed by atoms with Crippen molar-refractivity contribution in [3.05, 3.63) is 0 Å². The van der Waals surface area contributed by atoms with Crippen molar-refractivity contribution < 1.29 is 188 Å². The second-order valence-electron chi connectivity index (χ2n) is 36.4. The number of ether oxygens (including phenoxy) is 9. The van der Waals surface area contributed by atoms with Gasteiger partial charge in [0.15, 0.2) is 17.8 Å². The maximum absolute atomic E-state index is 13.3. The number of carbonyl (C=O) groups excluding carboxylic acids is 9. The van der Waals surface area contributed by atoms with E-state index in [0.717, 1.165) is 91.4 Å². The summed E-state index contributed by atoms with van der Waals surface area (Å²) in [7, 11) is 0. The van der Waals surface area contributed by atoms with Crippen LogP contribution in [0, 0.1) is 62.1 Å². The normalized spacial score (nSPS) is 23.1. The number of alkyl halides is 21. The van der Waals surface area contributed by atoms with Gasteiger partial charge in [0, 0.05) is 23.7 Å². The molecular weight excluding hydrogens is 1700 g/mol. The molecule has 1 saturated heterocycles. The number of halogens is 21. The Kier molecular flexibility index (Phi) is 39.8. The molecule has 6 fully saturated rings. The Bertz CT molecular complexity index is 3390. The molecule has 0 spiro atoms. The van der Waals surface area contributed by atoms with Gasteiger partial charge in [-0.05, 0) is 239 Å². The van der Waals surface area contributed by atoms with E-state index in [1.807, 2.05) is 62.3 Å². The number of hydrogen-bond acceptors (Lipinski definition) is 20. The van der Waals surface area contributed by atoms with E-state index >= 15 is 0 Å². The lowest BCUT2D eigenvalue weighted by Crippen LogP contribution is -2.64. The molecule has 5 saturated carbocycles. The van der Waals surface area contributed by atoms with Crippen LogP contribution in [0.2, 0.25) is 0 Å². The van der Waals surface area contributed by atoms with Crippen molar-refractivity contribution in [3.8, 4) is 0 Å². The molecule has 720 valence electrons. The molecule has 0 amide bonds. The van der Waals surface area contributed by atoms with Crippen molar-refractivity contribution in [2.24, 2.45) is 62.1 Å². The highest BCUT2D eigenvalue weighted by molar-refractivity contribution is 6.00. The summed E-state index contributed by atoms with van der Waals surface area (Å²) in [6, 6.07) is 0. The van der Waals surface area contributed by atoms with Crippen molar-refractivity contribution in [1.82, 2.24) is 0 Å². The third-order valence-corrected chi connectivity index (χ3v) is 25.0. The van der Waals surface area contributed by atoms with Crippen LogP contribution >= 0.6 is 0 Å². The Balaban J connectivity index is 0.000000760. The standard InChI is InChI=1S/C18H25F9O4.C15H17F9O6.C14H20O4.2C13H24O2.C9H15F3O2/c1-5-13(2,3)12(28)31-11-7-9(14(4,29)16(19,20)21)6-10(8-11)15(30,17(22,23)24)18(25,26)27;1-5-12(3,4)11(27)29-7(8(25)28-6(2)13(16,17)18)9(26)30-10(14(19,20)21)15(22,23)24;1-4-14(2,3)13(16)18-10-7-5-8-9(6-7)12(15)17-11(8)10;2*1-5-12(3,4)11(14)15-13(6-2)9-7-8-10-13;1-5-8(3,4)7(13)14-6(2)9(10,11)12/h9-11,29-30H,5-8H2,1-4H3;6-7,10H,5H2,1-4H3;7-11H,4-6H2,1-3H3;2*5-10H2,1-4H3;6H,5H2,1-4H3. The fraction of sp³-hybridized carbons (Fsp3) is 0.890. The molecule has 20 nitrogen and oxygen atoms in total. The third kappa shape index (κ3) is 30.7. The van der Waals surface area contributed by atoms with Gasteiger partial charge in [0.25, 0.3) is 17.8 Å². The van der Waals surface area contributed by atoms with Crippen LogP contribution in [0.15, 0.2) is 0 Å². The zero-order valence-corrected chi connectivity index (χ0v) is 74.0. The van der Waals surface area contributed by atoms with Gasteiger partial charge in [-0.15, -0.1) is 0 Å². The molecule has 0 aromatic heterocycles. The summed E-state index contributed by atoms with van der Waals surface area (Å²) in [4.78, 5) is 107. The number of fused-ring (bicyclic) bond motifs is 1. The van der Waals surface area contributed by atoms with Crippen molar-refractivity contribution in [3.63, 3.8) is 0 Å². The summed E-state index contributed by atoms with van der Waals surface area (Å²) in [5, 5.41) is 19.6. The van der Waals surface area contributed by atoms with Crippen LogP contribution in [0.4, 0.5) is 92.2 Å². The van der Waals surface area contributed by atoms with E-state index in [1.54, 1.807) is 27.7 Å². The minimum Gasteiger partial charge on any atom is -0.462 e. The topological polar surface area (TPSA) is 277 Å². The lowest BCUT2D eigenvalue weighted by molar-refractivity contribution is -0.391. The van der Waals surface area contributed by atoms with E-state index in [2.05, 4.69) is 32.8 Å². The highest BCUT2D eigenvalue weighted by Gasteiger charge is 2.75. The van der Waals surface area contributed by atoms with Gasteiger partial charge in [-0.3, -0.25) is 33.6 Å². The molecule has 0 aromatic rings. The largest absolute Gasteiger partial charge is 0.462 e. The van der Waals surface area contributed by atoms with Crippen LogP contribution in [-0.2, 0) is 85.8 Å². The Morgan fingerprint density at radius 3 is 1.06 bits per heavy atom. The number of rotatable bonds is 26. The fourth-order valence-corrected chi connectivity index (χ4v) is 13.0. The minimum atomic E-state index is -6.28. The van der Waals surface area contributed by atoms with E-state index in [4.69, 9.17) is 23.7 Å². The Hall–Kier alpha value is -6.32. The number of esters is 9. The Morgan fingerprint density at radius 2 is 0.724 bits per heavy atom. The summed E-state index contributed by atoms with van der Waals surface area (Å²) < 4.78 is 312. The number of carbonyl (C=O) groups is 9. The van der Waals surface area contributed by atoms with Crippen molar-refractivity contribution in [1.29, 1.82) is 0 Å². The molecule has 0 aromatic carbocycles. The SMILES string of the molecule is CCC(C)(C)C(=O)OC(C(=O)OC(C)C(F)(F)F)C(=O)OC(C(F)(F)F)C(F)(F)F.CCC(C)(C)C(=O)OC(C)C(F)(F)F.CCC(C)(C)C(=O)OC1C2CC3C(=O)OC1C3C2.CCC(C)(C)C(=O)OC1CC(C(C)(O)C(F)(F)F)CC(C(O)(C(F)(F)F)C(F)(F)F)C1.CCC1(OC(=O)C(C)(C)CC)CCCC1.CCC1(OC(=O)C(C)(C)CC)CCCC1. The zero-order chi connectivity index (χ0) is 96.8. The van der Waals surface area contributed by atoms with Gasteiger partial charge < -0.3 is 52.8 Å². The lowest BCUT2D eigenvalue weighted by atomic mass is 9.66. The van der Waals surface area contributed by atoms with Crippen LogP contribution in [0.25, 0.3) is 0 Å². The maximum atomic E-state index is 13.3. The second kappa shape index (κ2) is 42.7. The van der Waals surface area contributed by atoms with Crippen LogP contribution in [0.1, 0.15) is 294 Å². The molecule has 0 radical (unpaired) electrons. The van der Waals surface area contributed by atoms with Gasteiger partial charge in [-0.2, -0.15) is 92.2 Å². The summed E-state index contributed by atoms with van der Waals surface area (Å²) in [6.45, 7) is 36.1. The first-order chi connectivity index (χ1) is 55.1. The summed E-state index contributed by atoms with van der Waals surface area (Å²) in [6.07, 6.45) is -42.9. The van der Waals surface area contributed by atoms with Crippen molar-refractivity contribution >= 4 is 53.7 Å². The number of aliphatic hydroxyl groups is 2. The second-order valence-corrected chi connectivity index (χ2v) is 36.4. The van der Waals surface area contributed by atoms with E-state index in [-0.39, 0.29) is 90.7 Å². The Labute approximate surface area is 704 Å². The summed E-state index contributed by atoms with van der Waals surface area (Å²) in [5.74, 6) is -13.1. The van der Waals surface area contributed by atoms with Gasteiger partial charge in [0.05, 0.1) is 38.4 Å². The van der Waals surface area contributed by atoms with Crippen molar-refractivity contribution in [2.45, 2.75) is 402 Å². The van der Waals surface area contributed by atoms with E-state index in [0.29, 0.717) is 18.3 Å². The lowest BCUT2D eigenvalue weighted by Gasteiger charge is -2.47. The Morgan fingerprint density at radius 1 is 0.398 bits per heavy atom. The van der Waals surface area contributed by atoms with Crippen molar-refractivity contribution in [2.75, 3.05) is 0 Å². The van der Waals surface area contributed by atoms with E-state index in [9.17, 15) is 146 Å². The molecule has 5 aliphatic carbocycles. The van der Waals surface area contributed by atoms with Crippen LogP contribution in [0.5, 0.6) is 0 Å². The first kappa shape index (κ1) is 115. The molecule has 12 unspecified atom stereocenters. The smallest absolute Gasteiger partial charge is 0.434 e. The predicted molar refractivity (Wildman–Crippen MR) is 399 cm³/mol. The van der Waals surface area contributed by atoms with E-state index < -0.39 is 168 Å². The molecule has 12 atom stereocenters. The monoisotopic (exact) mass is 1830 g/mol. The zero-order valence-electron chi connectivity index (χ0n) is 74.0.